The average molecular weight is 179 g/mol. The Morgan fingerprint density at radius 2 is 1.75 bits per heavy atom. The van der Waals surface area contributed by atoms with Crippen LogP contribution >= 0.6 is 0 Å². The van der Waals surface area contributed by atoms with E-state index in [1.165, 1.54) is 5.19 Å². The van der Waals surface area contributed by atoms with Crippen LogP contribution in [0.4, 0.5) is 0 Å². The van der Waals surface area contributed by atoms with Crippen LogP contribution in [0.25, 0.3) is 0 Å². The summed E-state index contributed by atoms with van der Waals surface area (Å²) in [6.07, 6.45) is 0. The van der Waals surface area contributed by atoms with Gasteiger partial charge in [-0.25, -0.2) is 0 Å². The minimum atomic E-state index is -0.868. The van der Waals surface area contributed by atoms with Gasteiger partial charge in [-0.15, -0.1) is 0 Å². The summed E-state index contributed by atoms with van der Waals surface area (Å²) in [6.45, 7) is 6.73. The number of benzene rings is 1. The minimum absolute atomic E-state index is 0.604. The second kappa shape index (κ2) is 4.43. The molecule has 0 saturated carbocycles. The molecule has 0 spiro atoms. The van der Waals surface area contributed by atoms with Gasteiger partial charge in [-0.3, -0.25) is 0 Å². The van der Waals surface area contributed by atoms with Crippen molar-refractivity contribution in [2.24, 2.45) is 0 Å². The van der Waals surface area contributed by atoms with Gasteiger partial charge in [-0.1, -0.05) is 50.7 Å². The molecular weight excluding hydrogens is 162 g/mol. The topological polar surface area (TPSA) is 12.0 Å². The fourth-order valence-electron chi connectivity index (χ4n) is 1.34. The summed E-state index contributed by atoms with van der Waals surface area (Å²) in [5.41, 5.74) is 0. The number of rotatable bonds is 3. The van der Waals surface area contributed by atoms with E-state index in [1.54, 1.807) is 0 Å². The molecule has 1 unspecified atom stereocenters. The lowest BCUT2D eigenvalue weighted by Crippen LogP contribution is -2.45. The SMILES string of the molecule is CC(C)N[SiH](C)c1ccccc1. The van der Waals surface area contributed by atoms with E-state index in [0.29, 0.717) is 6.04 Å². The van der Waals surface area contributed by atoms with E-state index in [9.17, 15) is 0 Å². The molecule has 1 atom stereocenters. The molecule has 1 nitrogen and oxygen atoms in total. The van der Waals surface area contributed by atoms with Crippen LogP contribution in [0.3, 0.4) is 0 Å². The minimum Gasteiger partial charge on any atom is -0.334 e. The van der Waals surface area contributed by atoms with Crippen molar-refractivity contribution >= 4 is 14.1 Å². The molecule has 1 aromatic rings. The first-order chi connectivity index (χ1) is 5.70. The number of hydrogen-bond acceptors (Lipinski definition) is 1. The molecule has 1 aromatic carbocycles. The smallest absolute Gasteiger partial charge is 0.138 e. The molecule has 0 aliphatic heterocycles. The Hall–Kier alpha value is -0.603. The Labute approximate surface area is 76.5 Å². The van der Waals surface area contributed by atoms with Gasteiger partial charge in [0.2, 0.25) is 0 Å². The quantitative estimate of drug-likeness (QED) is 0.689. The van der Waals surface area contributed by atoms with Crippen molar-refractivity contribution in [1.82, 2.24) is 4.98 Å². The molecule has 2 heteroatoms. The number of hydrogen-bond donors (Lipinski definition) is 1. The van der Waals surface area contributed by atoms with E-state index in [1.807, 2.05) is 0 Å². The van der Waals surface area contributed by atoms with E-state index in [-0.39, 0.29) is 0 Å². The standard InChI is InChI=1S/C10H17NSi/c1-9(2)11-12(3)10-7-5-4-6-8-10/h4-9,11-12H,1-3H3. The lowest BCUT2D eigenvalue weighted by atomic mass is 10.4. The van der Waals surface area contributed by atoms with Crippen molar-refractivity contribution < 1.29 is 0 Å². The van der Waals surface area contributed by atoms with Gasteiger partial charge in [0, 0.05) is 0 Å². The highest BCUT2D eigenvalue weighted by Crippen LogP contribution is 1.87. The molecular formula is C10H17NSi. The maximum Gasteiger partial charge on any atom is 0.138 e. The first-order valence-electron chi connectivity index (χ1n) is 4.51. The zero-order valence-electron chi connectivity index (χ0n) is 8.04. The van der Waals surface area contributed by atoms with Crippen LogP contribution in [0.5, 0.6) is 0 Å². The molecule has 0 aliphatic carbocycles. The number of nitrogens with one attached hydrogen (secondary N) is 1. The van der Waals surface area contributed by atoms with Gasteiger partial charge in [0.05, 0.1) is 0 Å². The highest BCUT2D eigenvalue weighted by atomic mass is 28.3. The van der Waals surface area contributed by atoms with Gasteiger partial charge in [0.25, 0.3) is 0 Å². The normalized spacial score (nSPS) is 13.3. The Balaban J connectivity index is 2.59. The van der Waals surface area contributed by atoms with Crippen LogP contribution in [-0.4, -0.2) is 15.0 Å². The first-order valence-corrected chi connectivity index (χ1v) is 6.82. The summed E-state index contributed by atoms with van der Waals surface area (Å²) in [5.74, 6) is 0. The molecule has 0 saturated heterocycles. The first kappa shape index (κ1) is 9.48. The molecule has 0 radical (unpaired) electrons. The summed E-state index contributed by atoms with van der Waals surface area (Å²) >= 11 is 0. The van der Waals surface area contributed by atoms with Crippen molar-refractivity contribution in [3.05, 3.63) is 30.3 Å². The summed E-state index contributed by atoms with van der Waals surface area (Å²) in [6, 6.07) is 11.3. The molecule has 0 aromatic heterocycles. The maximum absolute atomic E-state index is 3.60. The van der Waals surface area contributed by atoms with Gasteiger partial charge in [-0.05, 0) is 11.2 Å². The second-order valence-electron chi connectivity index (χ2n) is 3.45. The summed E-state index contributed by atoms with van der Waals surface area (Å²) < 4.78 is 0. The van der Waals surface area contributed by atoms with Gasteiger partial charge >= 0.3 is 0 Å². The Morgan fingerprint density at radius 3 is 2.25 bits per heavy atom. The average Bonchev–Trinajstić information content (AvgIpc) is 2.05. The molecule has 0 fully saturated rings. The van der Waals surface area contributed by atoms with E-state index in [2.05, 4.69) is 55.7 Å². The Morgan fingerprint density at radius 1 is 1.17 bits per heavy atom. The summed E-state index contributed by atoms with van der Waals surface area (Å²) in [5, 5.41) is 1.49. The van der Waals surface area contributed by atoms with Gasteiger partial charge < -0.3 is 4.98 Å². The predicted molar refractivity (Wildman–Crippen MR) is 57.4 cm³/mol. The Bertz CT molecular complexity index is 221. The largest absolute Gasteiger partial charge is 0.334 e. The predicted octanol–water partition coefficient (Wildman–Crippen LogP) is 1.25. The maximum atomic E-state index is 3.60. The van der Waals surface area contributed by atoms with E-state index in [4.69, 9.17) is 0 Å². The van der Waals surface area contributed by atoms with Crippen LogP contribution in [0, 0.1) is 0 Å². The lowest BCUT2D eigenvalue weighted by molar-refractivity contribution is 0.748. The van der Waals surface area contributed by atoms with Gasteiger partial charge in [0.1, 0.15) is 8.96 Å². The molecule has 12 heavy (non-hydrogen) atoms. The Kier molecular flexibility index (Phi) is 3.50. The third kappa shape index (κ3) is 2.79. The van der Waals surface area contributed by atoms with Crippen LogP contribution < -0.4 is 10.2 Å². The lowest BCUT2D eigenvalue weighted by Gasteiger charge is -2.15. The van der Waals surface area contributed by atoms with Crippen molar-refractivity contribution in [2.75, 3.05) is 0 Å². The molecule has 1 rings (SSSR count). The summed E-state index contributed by atoms with van der Waals surface area (Å²) in [4.78, 5) is 3.60. The molecule has 1 N–H and O–H groups in total. The second-order valence-corrected chi connectivity index (χ2v) is 5.90. The molecule has 0 bridgehead atoms. The molecule has 0 aliphatic rings. The van der Waals surface area contributed by atoms with Crippen molar-refractivity contribution in [1.29, 1.82) is 0 Å². The van der Waals surface area contributed by atoms with Crippen LogP contribution in [0.2, 0.25) is 6.55 Å². The molecule has 66 valence electrons. The van der Waals surface area contributed by atoms with Crippen molar-refractivity contribution in [3.8, 4) is 0 Å². The summed E-state index contributed by atoms with van der Waals surface area (Å²) in [7, 11) is -0.868. The van der Waals surface area contributed by atoms with Gasteiger partial charge in [0.15, 0.2) is 0 Å². The highest BCUT2D eigenvalue weighted by molar-refractivity contribution is 6.69. The van der Waals surface area contributed by atoms with E-state index >= 15 is 0 Å². The van der Waals surface area contributed by atoms with Crippen LogP contribution in [0.1, 0.15) is 13.8 Å². The molecule has 0 heterocycles. The van der Waals surface area contributed by atoms with Crippen LogP contribution in [0.15, 0.2) is 30.3 Å². The fraction of sp³-hybridized carbons (Fsp3) is 0.400. The monoisotopic (exact) mass is 179 g/mol. The highest BCUT2D eigenvalue weighted by Gasteiger charge is 2.06. The fourth-order valence-corrected chi connectivity index (χ4v) is 3.33. The van der Waals surface area contributed by atoms with Crippen molar-refractivity contribution in [3.63, 3.8) is 0 Å². The molecule has 0 amide bonds. The van der Waals surface area contributed by atoms with E-state index in [0.717, 1.165) is 0 Å². The zero-order valence-corrected chi connectivity index (χ0v) is 9.20. The van der Waals surface area contributed by atoms with Crippen LogP contribution in [-0.2, 0) is 0 Å². The third-order valence-corrected chi connectivity index (χ3v) is 4.43. The zero-order chi connectivity index (χ0) is 8.97. The van der Waals surface area contributed by atoms with Crippen molar-refractivity contribution in [2.45, 2.75) is 26.4 Å². The van der Waals surface area contributed by atoms with Gasteiger partial charge in [-0.2, -0.15) is 0 Å². The van der Waals surface area contributed by atoms with E-state index < -0.39 is 8.96 Å². The third-order valence-electron chi connectivity index (χ3n) is 1.88.